The number of hydrogen-bond donors (Lipinski definition) is 2. The number of nitrogens with two attached hydrogens (primary N) is 1. The highest BCUT2D eigenvalue weighted by Gasteiger charge is 2.34. The first-order valence-corrected chi connectivity index (χ1v) is 11.6. The quantitative estimate of drug-likeness (QED) is 0.488. The topological polar surface area (TPSA) is 115 Å². The van der Waals surface area contributed by atoms with Crippen molar-refractivity contribution in [2.45, 2.75) is 38.9 Å². The summed E-state index contributed by atoms with van der Waals surface area (Å²) in [6.07, 6.45) is 3.09. The van der Waals surface area contributed by atoms with Gasteiger partial charge >= 0.3 is 0 Å². The van der Waals surface area contributed by atoms with E-state index in [9.17, 15) is 14.4 Å². The van der Waals surface area contributed by atoms with Crippen molar-refractivity contribution in [1.29, 1.82) is 0 Å². The van der Waals surface area contributed by atoms with E-state index in [1.807, 2.05) is 38.3 Å². The molecule has 3 N–H and O–H groups in total. The maximum absolute atomic E-state index is 13.6. The maximum Gasteiger partial charge on any atom is 0.255 e. The van der Waals surface area contributed by atoms with E-state index in [2.05, 4.69) is 10.3 Å². The van der Waals surface area contributed by atoms with Gasteiger partial charge in [-0.3, -0.25) is 19.4 Å². The van der Waals surface area contributed by atoms with E-state index in [4.69, 9.17) is 10.5 Å². The summed E-state index contributed by atoms with van der Waals surface area (Å²) in [5, 5.41) is 4.93. The Morgan fingerprint density at radius 2 is 1.76 bits per heavy atom. The van der Waals surface area contributed by atoms with Gasteiger partial charge in [0.25, 0.3) is 11.8 Å². The predicted octanol–water partition coefficient (Wildman–Crippen LogP) is 3.31. The highest BCUT2D eigenvalue weighted by atomic mass is 32.1. The highest BCUT2D eigenvalue weighted by Crippen LogP contribution is 2.29. The molecule has 0 spiro atoms. The molecule has 1 atom stereocenters. The molecule has 3 aromatic rings. The Balaban J connectivity index is 2.03. The molecular formula is C25H28N4O4S. The first-order valence-electron chi connectivity index (χ1n) is 10.7. The van der Waals surface area contributed by atoms with Gasteiger partial charge in [-0.05, 0) is 62.0 Å². The Kier molecular flexibility index (Phi) is 8.01. The summed E-state index contributed by atoms with van der Waals surface area (Å²) in [5.41, 5.74) is 5.68. The van der Waals surface area contributed by atoms with Crippen LogP contribution >= 0.6 is 11.3 Å². The van der Waals surface area contributed by atoms with Gasteiger partial charge in [0.1, 0.15) is 11.8 Å². The minimum absolute atomic E-state index is 0.251. The molecule has 8 nitrogen and oxygen atoms in total. The number of primary amides is 1. The van der Waals surface area contributed by atoms with Crippen molar-refractivity contribution < 1.29 is 19.1 Å². The summed E-state index contributed by atoms with van der Waals surface area (Å²) in [6, 6.07) is 12.9. The Labute approximate surface area is 202 Å². The first kappa shape index (κ1) is 24.9. The van der Waals surface area contributed by atoms with E-state index in [1.165, 1.54) is 11.3 Å². The lowest BCUT2D eigenvalue weighted by molar-refractivity contribution is -0.127. The molecule has 9 heteroatoms. The van der Waals surface area contributed by atoms with E-state index < -0.39 is 17.5 Å². The number of thiophene rings is 1. The van der Waals surface area contributed by atoms with Gasteiger partial charge in [-0.25, -0.2) is 0 Å². The lowest BCUT2D eigenvalue weighted by Crippen LogP contribution is -2.49. The molecule has 3 amide bonds. The molecule has 34 heavy (non-hydrogen) atoms. The van der Waals surface area contributed by atoms with Crippen molar-refractivity contribution in [1.82, 2.24) is 15.2 Å². The largest absolute Gasteiger partial charge is 0.484 e. The van der Waals surface area contributed by atoms with Gasteiger partial charge in [-0.15, -0.1) is 11.3 Å². The summed E-state index contributed by atoms with van der Waals surface area (Å²) in [6.45, 7) is 5.66. The summed E-state index contributed by atoms with van der Waals surface area (Å²) in [7, 11) is 0. The Morgan fingerprint density at radius 1 is 1.09 bits per heavy atom. The second kappa shape index (κ2) is 10.9. The van der Waals surface area contributed by atoms with Crippen LogP contribution in [0.5, 0.6) is 5.75 Å². The number of ether oxygens (including phenoxy) is 1. The molecule has 0 radical (unpaired) electrons. The van der Waals surface area contributed by atoms with Crippen LogP contribution in [0.4, 0.5) is 0 Å². The second-order valence-corrected chi connectivity index (χ2v) is 9.75. The second-order valence-electron chi connectivity index (χ2n) is 8.71. The molecule has 0 aliphatic rings. The minimum atomic E-state index is -0.910. The van der Waals surface area contributed by atoms with Crippen LogP contribution in [0.2, 0.25) is 0 Å². The SMILES string of the molecule is CC(C)(C)NC(=O)[C@@H](c1ccc(OCC(N)=O)cc1)N(Cc1cccs1)C(=O)c1ccncc1. The number of carbonyl (C=O) groups is 3. The Hall–Kier alpha value is -3.72. The predicted molar refractivity (Wildman–Crippen MR) is 130 cm³/mol. The van der Waals surface area contributed by atoms with Crippen LogP contribution in [-0.4, -0.2) is 39.8 Å². The normalized spacial score (nSPS) is 12.0. The number of aromatic nitrogens is 1. The monoisotopic (exact) mass is 480 g/mol. The third-order valence-corrected chi connectivity index (χ3v) is 5.59. The van der Waals surface area contributed by atoms with E-state index in [0.29, 0.717) is 16.9 Å². The average Bonchev–Trinajstić information content (AvgIpc) is 3.30. The van der Waals surface area contributed by atoms with Gasteiger partial charge in [-0.1, -0.05) is 18.2 Å². The molecule has 0 unspecified atom stereocenters. The van der Waals surface area contributed by atoms with Crippen molar-refractivity contribution >= 4 is 29.1 Å². The fraction of sp³-hybridized carbons (Fsp3) is 0.280. The van der Waals surface area contributed by atoms with Crippen molar-refractivity contribution in [3.05, 3.63) is 82.3 Å². The van der Waals surface area contributed by atoms with E-state index in [-0.39, 0.29) is 25.0 Å². The first-order chi connectivity index (χ1) is 16.1. The van der Waals surface area contributed by atoms with Crippen LogP contribution in [0.3, 0.4) is 0 Å². The number of nitrogens with one attached hydrogen (secondary N) is 1. The van der Waals surface area contributed by atoms with Crippen molar-refractivity contribution in [2.24, 2.45) is 5.73 Å². The fourth-order valence-electron chi connectivity index (χ4n) is 3.32. The van der Waals surface area contributed by atoms with Crippen molar-refractivity contribution in [3.8, 4) is 5.75 Å². The summed E-state index contributed by atoms with van der Waals surface area (Å²) in [5.74, 6) is -0.754. The average molecular weight is 481 g/mol. The standard InChI is InChI=1S/C25H28N4O4S/c1-25(2,3)28-23(31)22(17-6-8-19(9-7-17)33-16-21(26)30)29(15-20-5-4-14-34-20)24(32)18-10-12-27-13-11-18/h4-14,22H,15-16H2,1-3H3,(H2,26,30)(H,28,31)/t22-/m1/s1. The van der Waals surface area contributed by atoms with Gasteiger partial charge < -0.3 is 20.7 Å². The number of rotatable bonds is 9. The molecule has 178 valence electrons. The molecule has 0 fully saturated rings. The van der Waals surface area contributed by atoms with Gasteiger partial charge in [-0.2, -0.15) is 0 Å². The molecule has 3 rings (SSSR count). The van der Waals surface area contributed by atoms with Crippen LogP contribution in [0.15, 0.2) is 66.3 Å². The van der Waals surface area contributed by atoms with Crippen LogP contribution in [0.25, 0.3) is 0 Å². The molecule has 2 aromatic heterocycles. The van der Waals surface area contributed by atoms with Crippen molar-refractivity contribution in [3.63, 3.8) is 0 Å². The molecule has 2 heterocycles. The molecule has 0 aliphatic heterocycles. The van der Waals surface area contributed by atoms with Gasteiger partial charge in [0, 0.05) is 28.4 Å². The number of pyridine rings is 1. The maximum atomic E-state index is 13.6. The van der Waals surface area contributed by atoms with Crippen LogP contribution in [0, 0.1) is 0 Å². The third-order valence-electron chi connectivity index (χ3n) is 4.73. The summed E-state index contributed by atoms with van der Waals surface area (Å²) >= 11 is 1.51. The van der Waals surface area contributed by atoms with Gasteiger partial charge in [0.05, 0.1) is 6.54 Å². The van der Waals surface area contributed by atoms with E-state index in [1.54, 1.807) is 53.7 Å². The zero-order chi connectivity index (χ0) is 24.7. The lowest BCUT2D eigenvalue weighted by Gasteiger charge is -2.33. The van der Waals surface area contributed by atoms with E-state index in [0.717, 1.165) is 4.88 Å². The van der Waals surface area contributed by atoms with Crippen LogP contribution in [0.1, 0.15) is 47.6 Å². The molecule has 0 saturated heterocycles. The molecule has 0 aliphatic carbocycles. The highest BCUT2D eigenvalue weighted by molar-refractivity contribution is 7.09. The summed E-state index contributed by atoms with van der Waals surface area (Å²) in [4.78, 5) is 44.7. The zero-order valence-electron chi connectivity index (χ0n) is 19.4. The van der Waals surface area contributed by atoms with E-state index >= 15 is 0 Å². The van der Waals surface area contributed by atoms with Crippen LogP contribution in [-0.2, 0) is 16.1 Å². The number of hydrogen-bond acceptors (Lipinski definition) is 6. The molecular weight excluding hydrogens is 452 g/mol. The summed E-state index contributed by atoms with van der Waals surface area (Å²) < 4.78 is 5.34. The Morgan fingerprint density at radius 3 is 2.32 bits per heavy atom. The zero-order valence-corrected chi connectivity index (χ0v) is 20.2. The molecule has 0 bridgehead atoms. The smallest absolute Gasteiger partial charge is 0.255 e. The third kappa shape index (κ3) is 6.89. The number of carbonyl (C=O) groups excluding carboxylic acids is 3. The molecule has 0 saturated carbocycles. The minimum Gasteiger partial charge on any atom is -0.484 e. The fourth-order valence-corrected chi connectivity index (χ4v) is 4.03. The van der Waals surface area contributed by atoms with Gasteiger partial charge in [0.15, 0.2) is 6.61 Å². The Bertz CT molecular complexity index is 1110. The molecule has 1 aromatic carbocycles. The van der Waals surface area contributed by atoms with Crippen LogP contribution < -0.4 is 15.8 Å². The number of benzene rings is 1. The van der Waals surface area contributed by atoms with Gasteiger partial charge in [0.2, 0.25) is 5.91 Å². The number of nitrogens with zero attached hydrogens (tertiary/aromatic N) is 2. The van der Waals surface area contributed by atoms with Crippen molar-refractivity contribution in [2.75, 3.05) is 6.61 Å². The lowest BCUT2D eigenvalue weighted by atomic mass is 10.0. The number of amides is 3.